The summed E-state index contributed by atoms with van der Waals surface area (Å²) in [7, 11) is 0. The van der Waals surface area contributed by atoms with E-state index in [1.165, 1.54) is 21.7 Å². The summed E-state index contributed by atoms with van der Waals surface area (Å²) in [6.07, 6.45) is 5.08. The van der Waals surface area contributed by atoms with Crippen molar-refractivity contribution in [3.8, 4) is 16.4 Å². The zero-order valence-electron chi connectivity index (χ0n) is 21.0. The first-order valence-electron chi connectivity index (χ1n) is 13.0. The van der Waals surface area contributed by atoms with Crippen molar-refractivity contribution in [2.45, 2.75) is 44.4 Å². The lowest BCUT2D eigenvalue weighted by atomic mass is 9.93. The van der Waals surface area contributed by atoms with Gasteiger partial charge in [0, 0.05) is 25.7 Å². The Bertz CT molecular complexity index is 1330. The molecule has 6 rings (SSSR count). The first kappa shape index (κ1) is 24.9. The van der Waals surface area contributed by atoms with Crippen molar-refractivity contribution in [2.24, 2.45) is 0 Å². The van der Waals surface area contributed by atoms with Gasteiger partial charge in [-0.3, -0.25) is 4.90 Å². The molecule has 0 atom stereocenters. The number of benzene rings is 1. The number of para-hydroxylation sites is 1. The van der Waals surface area contributed by atoms with E-state index in [0.717, 1.165) is 80.7 Å². The first-order chi connectivity index (χ1) is 18.7. The zero-order valence-corrected chi connectivity index (χ0v) is 21.8. The number of morpholine rings is 1. The molecule has 1 saturated carbocycles. The number of hydrogen-bond donors (Lipinski definition) is 3. The minimum Gasteiger partial charge on any atom is -0.393 e. The molecule has 1 saturated heterocycles. The molecule has 4 heterocycles. The number of ether oxygens (including phenoxy) is 1. The number of rotatable bonds is 8. The Morgan fingerprint density at radius 3 is 2.63 bits per heavy atom. The van der Waals surface area contributed by atoms with Crippen molar-refractivity contribution in [1.82, 2.24) is 35.1 Å². The molecular weight excluding hydrogens is 502 g/mol. The van der Waals surface area contributed by atoms with Gasteiger partial charge in [0.2, 0.25) is 5.82 Å². The van der Waals surface area contributed by atoms with Crippen LogP contribution < -0.4 is 10.6 Å². The van der Waals surface area contributed by atoms with Crippen LogP contribution in [0.2, 0.25) is 0 Å². The summed E-state index contributed by atoms with van der Waals surface area (Å²) < 4.78 is 5.52. The van der Waals surface area contributed by atoms with Crippen LogP contribution >= 0.6 is 11.3 Å². The predicted molar refractivity (Wildman–Crippen MR) is 146 cm³/mol. The molecule has 38 heavy (non-hydrogen) atoms. The van der Waals surface area contributed by atoms with Crippen LogP contribution in [0.4, 0.5) is 16.8 Å². The maximum Gasteiger partial charge on any atom is 0.216 e. The van der Waals surface area contributed by atoms with Gasteiger partial charge in [-0.2, -0.15) is 0 Å². The second-order valence-corrected chi connectivity index (χ2v) is 10.7. The molecule has 0 bridgehead atoms. The van der Waals surface area contributed by atoms with E-state index in [4.69, 9.17) is 9.72 Å². The maximum absolute atomic E-state index is 9.88. The van der Waals surface area contributed by atoms with Crippen LogP contribution in [0.1, 0.15) is 31.2 Å². The zero-order chi connectivity index (χ0) is 25.7. The molecule has 198 valence electrons. The molecular formula is C26H31N9O2S. The van der Waals surface area contributed by atoms with Gasteiger partial charge in [0.05, 0.1) is 36.1 Å². The van der Waals surface area contributed by atoms with Gasteiger partial charge in [-0.05, 0) is 60.7 Å². The van der Waals surface area contributed by atoms with Crippen LogP contribution in [0.3, 0.4) is 0 Å². The predicted octanol–water partition coefficient (Wildman–Crippen LogP) is 3.47. The maximum atomic E-state index is 9.88. The molecule has 2 aliphatic rings. The number of thiazole rings is 1. The quantitative estimate of drug-likeness (QED) is 0.310. The number of nitrogens with zero attached hydrogens (tertiary/aromatic N) is 7. The molecule has 1 aliphatic heterocycles. The standard InChI is InChI=1S/C26H31N9O2S/c36-21-8-6-19(7-9-21)28-23-14-18(17-34-10-12-37-13-11-34)15-24(29-23)30-26-27-16-22(38-26)25-31-33-35(32-25)20-4-2-1-3-5-20/h1-5,14-16,19,21,36H,6-13,17H2,(H2,27,28,29,30)/t19-,21-. The molecule has 0 amide bonds. The number of aliphatic hydroxyl groups excluding tert-OH is 1. The van der Waals surface area contributed by atoms with Crippen molar-refractivity contribution in [1.29, 1.82) is 0 Å². The lowest BCUT2D eigenvalue weighted by Gasteiger charge is -2.28. The first-order valence-corrected chi connectivity index (χ1v) is 13.8. The van der Waals surface area contributed by atoms with E-state index < -0.39 is 0 Å². The lowest BCUT2D eigenvalue weighted by molar-refractivity contribution is 0.0342. The highest BCUT2D eigenvalue weighted by atomic mass is 32.1. The highest BCUT2D eigenvalue weighted by Crippen LogP contribution is 2.30. The Labute approximate surface area is 224 Å². The normalized spacial score (nSPS) is 20.3. The second-order valence-electron chi connectivity index (χ2n) is 9.68. The molecule has 4 aromatic rings. The van der Waals surface area contributed by atoms with Gasteiger partial charge in [-0.1, -0.05) is 29.5 Å². The van der Waals surface area contributed by atoms with E-state index in [0.29, 0.717) is 17.0 Å². The number of pyridine rings is 1. The van der Waals surface area contributed by atoms with E-state index in [9.17, 15) is 5.11 Å². The molecule has 0 spiro atoms. The monoisotopic (exact) mass is 533 g/mol. The SMILES string of the molecule is O[C@H]1CC[C@H](Nc2cc(CN3CCOCC3)cc(Nc3ncc(-c4nnn(-c5ccccc5)n4)s3)n2)CC1. The third-order valence-electron chi connectivity index (χ3n) is 6.81. The highest BCUT2D eigenvalue weighted by Gasteiger charge is 2.20. The second kappa shape index (κ2) is 11.5. The fraction of sp³-hybridized carbons (Fsp3) is 0.423. The highest BCUT2D eigenvalue weighted by molar-refractivity contribution is 7.18. The Kier molecular flexibility index (Phi) is 7.54. The number of nitrogens with one attached hydrogen (secondary N) is 2. The van der Waals surface area contributed by atoms with Crippen molar-refractivity contribution < 1.29 is 9.84 Å². The topological polar surface area (TPSA) is 126 Å². The smallest absolute Gasteiger partial charge is 0.216 e. The minimum absolute atomic E-state index is 0.186. The van der Waals surface area contributed by atoms with Gasteiger partial charge < -0.3 is 20.5 Å². The number of tetrazole rings is 1. The van der Waals surface area contributed by atoms with Crippen molar-refractivity contribution in [3.63, 3.8) is 0 Å². The average molecular weight is 534 g/mol. The van der Waals surface area contributed by atoms with Crippen LogP contribution in [-0.4, -0.2) is 78.6 Å². The Hall–Kier alpha value is -3.45. The van der Waals surface area contributed by atoms with Crippen molar-refractivity contribution in [2.75, 3.05) is 36.9 Å². The number of aromatic nitrogens is 6. The average Bonchev–Trinajstić information content (AvgIpc) is 3.61. The van der Waals surface area contributed by atoms with E-state index >= 15 is 0 Å². The van der Waals surface area contributed by atoms with Gasteiger partial charge in [0.15, 0.2) is 5.13 Å². The van der Waals surface area contributed by atoms with Crippen LogP contribution in [0.15, 0.2) is 48.7 Å². The molecule has 3 aromatic heterocycles. The molecule has 2 fully saturated rings. The third-order valence-corrected chi connectivity index (χ3v) is 7.71. The lowest BCUT2D eigenvalue weighted by Crippen LogP contribution is -2.35. The van der Waals surface area contributed by atoms with Gasteiger partial charge in [-0.15, -0.1) is 15.0 Å². The Morgan fingerprint density at radius 2 is 1.82 bits per heavy atom. The van der Waals surface area contributed by atoms with E-state index in [1.807, 2.05) is 30.3 Å². The van der Waals surface area contributed by atoms with Crippen LogP contribution in [-0.2, 0) is 11.3 Å². The Balaban J connectivity index is 1.19. The summed E-state index contributed by atoms with van der Waals surface area (Å²) in [6.45, 7) is 4.18. The van der Waals surface area contributed by atoms with Gasteiger partial charge in [0.1, 0.15) is 11.6 Å². The molecule has 12 heteroatoms. The summed E-state index contributed by atoms with van der Waals surface area (Å²) >= 11 is 1.46. The van der Waals surface area contributed by atoms with E-state index in [2.05, 4.69) is 48.1 Å². The van der Waals surface area contributed by atoms with Crippen LogP contribution in [0, 0.1) is 0 Å². The van der Waals surface area contributed by atoms with E-state index in [-0.39, 0.29) is 6.10 Å². The van der Waals surface area contributed by atoms with Gasteiger partial charge in [-0.25, -0.2) is 9.97 Å². The molecule has 0 unspecified atom stereocenters. The van der Waals surface area contributed by atoms with Gasteiger partial charge in [0.25, 0.3) is 0 Å². The van der Waals surface area contributed by atoms with E-state index in [1.54, 1.807) is 6.20 Å². The summed E-state index contributed by atoms with van der Waals surface area (Å²) in [5, 5.41) is 30.5. The van der Waals surface area contributed by atoms with Gasteiger partial charge >= 0.3 is 0 Å². The van der Waals surface area contributed by atoms with Crippen LogP contribution in [0.25, 0.3) is 16.4 Å². The Morgan fingerprint density at radius 1 is 1.03 bits per heavy atom. The summed E-state index contributed by atoms with van der Waals surface area (Å²) in [5.41, 5.74) is 2.02. The summed E-state index contributed by atoms with van der Waals surface area (Å²) in [4.78, 5) is 14.1. The molecule has 1 aromatic carbocycles. The van der Waals surface area contributed by atoms with Crippen molar-refractivity contribution >= 4 is 28.1 Å². The molecule has 3 N–H and O–H groups in total. The minimum atomic E-state index is -0.186. The van der Waals surface area contributed by atoms with Crippen molar-refractivity contribution in [3.05, 3.63) is 54.2 Å². The van der Waals surface area contributed by atoms with Crippen LogP contribution in [0.5, 0.6) is 0 Å². The largest absolute Gasteiger partial charge is 0.393 e. The fourth-order valence-corrected chi connectivity index (χ4v) is 5.54. The number of anilines is 3. The summed E-state index contributed by atoms with van der Waals surface area (Å²) in [6, 6.07) is 14.2. The third kappa shape index (κ3) is 6.16. The summed E-state index contributed by atoms with van der Waals surface area (Å²) in [5.74, 6) is 2.09. The fourth-order valence-electron chi connectivity index (χ4n) is 4.79. The number of hydrogen-bond acceptors (Lipinski definition) is 11. The number of aliphatic hydroxyl groups is 1. The molecule has 1 aliphatic carbocycles. The molecule has 0 radical (unpaired) electrons. The molecule has 11 nitrogen and oxygen atoms in total.